The van der Waals surface area contributed by atoms with Crippen molar-refractivity contribution in [2.45, 2.75) is 98.8 Å². The molecule has 9 heteroatoms. The molecule has 9 nitrogen and oxygen atoms in total. The number of para-hydroxylation sites is 1. The van der Waals surface area contributed by atoms with Crippen molar-refractivity contribution < 1.29 is 23.9 Å². The predicted molar refractivity (Wildman–Crippen MR) is 161 cm³/mol. The van der Waals surface area contributed by atoms with Gasteiger partial charge >= 0.3 is 6.09 Å². The van der Waals surface area contributed by atoms with E-state index in [1.807, 2.05) is 71.0 Å². The molecule has 0 aliphatic carbocycles. The quantitative estimate of drug-likeness (QED) is 0.297. The van der Waals surface area contributed by atoms with Crippen molar-refractivity contribution in [3.8, 4) is 0 Å². The molecule has 0 bridgehead atoms. The lowest BCUT2D eigenvalue weighted by Gasteiger charge is -2.35. The van der Waals surface area contributed by atoms with Crippen molar-refractivity contribution in [1.29, 1.82) is 0 Å². The van der Waals surface area contributed by atoms with Crippen molar-refractivity contribution in [3.63, 3.8) is 0 Å². The van der Waals surface area contributed by atoms with Crippen molar-refractivity contribution >= 4 is 29.5 Å². The van der Waals surface area contributed by atoms with Gasteiger partial charge in [-0.3, -0.25) is 14.4 Å². The van der Waals surface area contributed by atoms with Crippen LogP contribution in [0.2, 0.25) is 0 Å². The van der Waals surface area contributed by atoms with Crippen LogP contribution in [0.1, 0.15) is 87.2 Å². The number of anilines is 1. The molecule has 0 aromatic heterocycles. The van der Waals surface area contributed by atoms with E-state index >= 15 is 0 Å². The maximum atomic E-state index is 14.2. The second-order valence-electron chi connectivity index (χ2n) is 11.7. The summed E-state index contributed by atoms with van der Waals surface area (Å²) in [5, 5.41) is 5.58. The number of primary amides is 1. The highest BCUT2D eigenvalue weighted by molar-refractivity contribution is 6.00. The molecule has 2 aromatic rings. The van der Waals surface area contributed by atoms with Crippen LogP contribution in [-0.4, -0.2) is 46.9 Å². The third kappa shape index (κ3) is 10.2. The molecule has 0 saturated carbocycles. The van der Waals surface area contributed by atoms with Crippen molar-refractivity contribution in [1.82, 2.24) is 10.2 Å². The third-order valence-electron chi connectivity index (χ3n) is 6.53. The Morgan fingerprint density at radius 2 is 1.54 bits per heavy atom. The number of nitrogens with one attached hydrogen (secondary N) is 2. The predicted octanol–water partition coefficient (Wildman–Crippen LogP) is 5.39. The number of unbranched alkanes of at least 4 members (excludes halogenated alkanes) is 2. The molecule has 4 N–H and O–H groups in total. The number of benzene rings is 2. The molecule has 0 aliphatic rings. The molecule has 0 saturated heterocycles. The molecule has 0 spiro atoms. The van der Waals surface area contributed by atoms with Crippen molar-refractivity contribution in [2.75, 3.05) is 11.9 Å². The van der Waals surface area contributed by atoms with Crippen LogP contribution in [0.15, 0.2) is 36.4 Å². The summed E-state index contributed by atoms with van der Waals surface area (Å²) < 4.78 is 5.36. The molecular weight excluding hydrogens is 520 g/mol. The van der Waals surface area contributed by atoms with E-state index in [2.05, 4.69) is 10.6 Å². The zero-order chi connectivity index (χ0) is 30.9. The molecule has 2 unspecified atom stereocenters. The van der Waals surface area contributed by atoms with Gasteiger partial charge in [0.15, 0.2) is 0 Å². The average Bonchev–Trinajstić information content (AvgIpc) is 2.83. The molecule has 0 aliphatic heterocycles. The van der Waals surface area contributed by atoms with E-state index in [-0.39, 0.29) is 6.54 Å². The van der Waals surface area contributed by atoms with Crippen molar-refractivity contribution in [3.05, 3.63) is 64.2 Å². The maximum absolute atomic E-state index is 14.2. The second-order valence-corrected chi connectivity index (χ2v) is 11.7. The number of alkyl carbamates (subject to hydrolysis) is 1. The SMILES string of the molecule is CCCCCN(C(=O)C(CC(N)=O)NC(=O)OC(C)(C)C)C(C(=O)Nc1c(C)cccc1C)c1cc(C)cc(C)c1. The lowest BCUT2D eigenvalue weighted by Crippen LogP contribution is -2.53. The Morgan fingerprint density at radius 3 is 2.05 bits per heavy atom. The molecule has 2 rings (SSSR count). The van der Waals surface area contributed by atoms with Crippen LogP contribution >= 0.6 is 0 Å². The Kier molecular flexibility index (Phi) is 11.9. The molecule has 2 aromatic carbocycles. The van der Waals surface area contributed by atoms with E-state index in [0.29, 0.717) is 17.7 Å². The number of amides is 4. The summed E-state index contributed by atoms with van der Waals surface area (Å²) in [5.41, 5.74) is 9.63. The summed E-state index contributed by atoms with van der Waals surface area (Å²) in [6, 6.07) is 9.14. The normalized spacial score (nSPS) is 12.7. The fraction of sp³-hybridized carbons (Fsp3) is 0.500. The first kappa shape index (κ1) is 33.3. The van der Waals surface area contributed by atoms with E-state index in [1.165, 1.54) is 4.90 Å². The summed E-state index contributed by atoms with van der Waals surface area (Å²) in [6.07, 6.45) is 1.04. The van der Waals surface area contributed by atoms with Gasteiger partial charge in [-0.05, 0) is 71.6 Å². The number of rotatable bonds is 12. The first-order valence-corrected chi connectivity index (χ1v) is 14.2. The van der Waals surface area contributed by atoms with Crippen molar-refractivity contribution in [2.24, 2.45) is 5.73 Å². The Bertz CT molecular complexity index is 1210. The van der Waals surface area contributed by atoms with E-state index in [9.17, 15) is 19.2 Å². The molecule has 4 amide bonds. The minimum atomic E-state index is -1.31. The number of carbonyl (C=O) groups excluding carboxylic acids is 4. The van der Waals surface area contributed by atoms with E-state index in [0.717, 1.165) is 35.1 Å². The Morgan fingerprint density at radius 1 is 0.951 bits per heavy atom. The first-order valence-electron chi connectivity index (χ1n) is 14.2. The fourth-order valence-corrected chi connectivity index (χ4v) is 4.79. The molecular formula is C32H46N4O5. The van der Waals surface area contributed by atoms with Gasteiger partial charge in [0.1, 0.15) is 17.7 Å². The van der Waals surface area contributed by atoms with Gasteiger partial charge in [-0.15, -0.1) is 0 Å². The van der Waals surface area contributed by atoms with Crippen LogP contribution in [0.3, 0.4) is 0 Å². The van der Waals surface area contributed by atoms with Gasteiger partial charge < -0.3 is 26.0 Å². The molecule has 2 atom stereocenters. The number of hydrogen-bond acceptors (Lipinski definition) is 5. The van der Waals surface area contributed by atoms with Crippen LogP contribution in [0, 0.1) is 27.7 Å². The van der Waals surface area contributed by atoms with Gasteiger partial charge in [0.25, 0.3) is 5.91 Å². The van der Waals surface area contributed by atoms with Crippen LogP contribution in [0.5, 0.6) is 0 Å². The molecule has 0 fully saturated rings. The zero-order valence-electron chi connectivity index (χ0n) is 25.7. The number of carbonyl (C=O) groups is 4. The monoisotopic (exact) mass is 566 g/mol. The van der Waals surface area contributed by atoms with E-state index in [4.69, 9.17) is 10.5 Å². The van der Waals surface area contributed by atoms with E-state index < -0.39 is 47.9 Å². The highest BCUT2D eigenvalue weighted by Gasteiger charge is 2.37. The topological polar surface area (TPSA) is 131 Å². The highest BCUT2D eigenvalue weighted by Crippen LogP contribution is 2.29. The maximum Gasteiger partial charge on any atom is 0.408 e. The minimum absolute atomic E-state index is 0.232. The van der Waals surface area contributed by atoms with Crippen LogP contribution in [-0.2, 0) is 19.1 Å². The number of hydrogen-bond donors (Lipinski definition) is 3. The lowest BCUT2D eigenvalue weighted by atomic mass is 9.97. The van der Waals surface area contributed by atoms with Gasteiger partial charge in [-0.2, -0.15) is 0 Å². The third-order valence-corrected chi connectivity index (χ3v) is 6.53. The first-order chi connectivity index (χ1) is 19.1. The number of aryl methyl sites for hydroxylation is 4. The van der Waals surface area contributed by atoms with Crippen LogP contribution < -0.4 is 16.4 Å². The van der Waals surface area contributed by atoms with Gasteiger partial charge in [-0.25, -0.2) is 4.79 Å². The number of nitrogens with two attached hydrogens (primary N) is 1. The molecule has 0 heterocycles. The van der Waals surface area contributed by atoms with Gasteiger partial charge in [-0.1, -0.05) is 67.3 Å². The number of nitrogens with zero attached hydrogens (tertiary/aromatic N) is 1. The van der Waals surface area contributed by atoms with Gasteiger partial charge in [0.05, 0.1) is 6.42 Å². The second kappa shape index (κ2) is 14.7. The van der Waals surface area contributed by atoms with Crippen LogP contribution in [0.25, 0.3) is 0 Å². The van der Waals surface area contributed by atoms with E-state index in [1.54, 1.807) is 20.8 Å². The number of ether oxygens (including phenoxy) is 1. The summed E-state index contributed by atoms with van der Waals surface area (Å²) in [7, 11) is 0. The Hall–Kier alpha value is -3.88. The van der Waals surface area contributed by atoms with Gasteiger partial charge in [0, 0.05) is 12.2 Å². The summed E-state index contributed by atoms with van der Waals surface area (Å²) >= 11 is 0. The van der Waals surface area contributed by atoms with Gasteiger partial charge in [0.2, 0.25) is 11.8 Å². The summed E-state index contributed by atoms with van der Waals surface area (Å²) in [6.45, 7) is 15.0. The summed E-state index contributed by atoms with van der Waals surface area (Å²) in [4.78, 5) is 54.5. The molecule has 224 valence electrons. The fourth-order valence-electron chi connectivity index (χ4n) is 4.79. The van der Waals surface area contributed by atoms with Crippen LogP contribution in [0.4, 0.5) is 10.5 Å². The largest absolute Gasteiger partial charge is 0.444 e. The molecule has 0 radical (unpaired) electrons. The summed E-state index contributed by atoms with van der Waals surface area (Å²) in [5.74, 6) is -1.75. The standard InChI is InChI=1S/C32H46N4O5/c1-9-10-11-15-36(30(39)25(19-26(33)37)34-31(40)41-32(6,7)8)28(24-17-20(2)16-21(3)18-24)29(38)35-27-22(4)13-12-14-23(27)5/h12-14,16-18,25,28H,9-11,15,19H2,1-8H3,(H2,33,37)(H,34,40)(H,35,38). The highest BCUT2D eigenvalue weighted by atomic mass is 16.6. The minimum Gasteiger partial charge on any atom is -0.444 e. The Labute approximate surface area is 244 Å². The zero-order valence-corrected chi connectivity index (χ0v) is 25.7. The Balaban J connectivity index is 2.64. The lowest BCUT2D eigenvalue weighted by molar-refractivity contribution is -0.142. The smallest absolute Gasteiger partial charge is 0.408 e. The molecule has 41 heavy (non-hydrogen) atoms. The average molecular weight is 567 g/mol.